The van der Waals surface area contributed by atoms with Crippen LogP contribution in [-0.4, -0.2) is 30.9 Å². The van der Waals surface area contributed by atoms with Gasteiger partial charge in [0.25, 0.3) is 0 Å². The van der Waals surface area contributed by atoms with Gasteiger partial charge in [0.1, 0.15) is 0 Å². The normalized spacial score (nSPS) is 10.1. The van der Waals surface area contributed by atoms with Crippen molar-refractivity contribution in [3.63, 3.8) is 0 Å². The van der Waals surface area contributed by atoms with Crippen LogP contribution in [0.4, 0.5) is 0 Å². The first-order valence-electron chi connectivity index (χ1n) is 4.04. The van der Waals surface area contributed by atoms with Crippen molar-refractivity contribution in [2.24, 2.45) is 0 Å². The summed E-state index contributed by atoms with van der Waals surface area (Å²) in [5.41, 5.74) is 0. The first kappa shape index (κ1) is 11.7. The van der Waals surface area contributed by atoms with E-state index in [4.69, 9.17) is 0 Å². The molecule has 0 aromatic heterocycles. The van der Waals surface area contributed by atoms with Gasteiger partial charge in [-0.05, 0) is 6.42 Å². The van der Waals surface area contributed by atoms with Crippen LogP contribution in [0, 0.1) is 0 Å². The Bertz CT molecular complexity index is 211. The Morgan fingerprint density at radius 2 is 2.08 bits per heavy atom. The fraction of sp³-hybridized carbons (Fsp3) is 0.556. The number of rotatable bonds is 4. The lowest BCUT2D eigenvalue weighted by Gasteiger charge is -2.06. The van der Waals surface area contributed by atoms with Gasteiger partial charge in [0.2, 0.25) is 5.91 Å². The minimum absolute atomic E-state index is 0.0330. The lowest BCUT2D eigenvalue weighted by Crippen LogP contribution is -2.16. The number of hydrogen-bond acceptors (Lipinski definition) is 3. The van der Waals surface area contributed by atoms with Gasteiger partial charge in [-0.15, -0.1) is 0 Å². The molecule has 0 spiro atoms. The van der Waals surface area contributed by atoms with E-state index in [1.807, 2.05) is 0 Å². The van der Waals surface area contributed by atoms with Gasteiger partial charge in [-0.3, -0.25) is 9.59 Å². The lowest BCUT2D eigenvalue weighted by molar-refractivity contribution is -0.140. The molecule has 0 aliphatic carbocycles. The number of esters is 1. The van der Waals surface area contributed by atoms with Crippen molar-refractivity contribution in [2.45, 2.75) is 19.8 Å². The van der Waals surface area contributed by atoms with Crippen LogP contribution in [0.1, 0.15) is 19.8 Å². The summed E-state index contributed by atoms with van der Waals surface area (Å²) in [7, 11) is 3.02. The van der Waals surface area contributed by atoms with Gasteiger partial charge >= 0.3 is 5.97 Å². The molecule has 0 saturated heterocycles. The minimum atomic E-state index is -0.241. The lowest BCUT2D eigenvalue weighted by atomic mass is 10.3. The Kier molecular flexibility index (Phi) is 5.59. The molecule has 0 aromatic rings. The Balaban J connectivity index is 3.63. The summed E-state index contributed by atoms with van der Waals surface area (Å²) < 4.78 is 4.45. The molecule has 0 N–H and O–H groups in total. The van der Waals surface area contributed by atoms with Crippen LogP contribution in [0.15, 0.2) is 12.3 Å². The average Bonchev–Trinajstić information content (AvgIpc) is 2.11. The maximum absolute atomic E-state index is 10.7. The summed E-state index contributed by atoms with van der Waals surface area (Å²) in [5.74, 6) is -0.274. The first-order valence-corrected chi connectivity index (χ1v) is 4.04. The summed E-state index contributed by atoms with van der Waals surface area (Å²) in [6.07, 6.45) is 4.34. The molecule has 0 unspecified atom stereocenters. The van der Waals surface area contributed by atoms with Crippen LogP contribution in [0.25, 0.3) is 0 Å². The van der Waals surface area contributed by atoms with Crippen molar-refractivity contribution in [1.82, 2.24) is 4.90 Å². The number of hydrogen-bond donors (Lipinski definition) is 0. The molecule has 0 atom stereocenters. The SMILES string of the molecule is COC(=O)CC/C=C/N(C)C(C)=O. The van der Waals surface area contributed by atoms with Gasteiger partial charge in [0, 0.05) is 26.6 Å². The van der Waals surface area contributed by atoms with E-state index in [9.17, 15) is 9.59 Å². The standard InChI is InChI=1S/C9H15NO3/c1-8(11)10(2)7-5-4-6-9(12)13-3/h5,7H,4,6H2,1-3H3/b7-5+. The third-order valence-corrected chi connectivity index (χ3v) is 1.57. The van der Waals surface area contributed by atoms with Crippen molar-refractivity contribution in [3.05, 3.63) is 12.3 Å². The molecule has 0 saturated carbocycles. The second-order valence-electron chi connectivity index (χ2n) is 2.63. The van der Waals surface area contributed by atoms with Crippen molar-refractivity contribution in [2.75, 3.05) is 14.2 Å². The molecule has 4 heteroatoms. The molecule has 0 fully saturated rings. The highest BCUT2D eigenvalue weighted by molar-refractivity contribution is 5.74. The third kappa shape index (κ3) is 5.90. The zero-order chi connectivity index (χ0) is 10.3. The Hall–Kier alpha value is -1.32. The minimum Gasteiger partial charge on any atom is -0.469 e. The monoisotopic (exact) mass is 185 g/mol. The van der Waals surface area contributed by atoms with E-state index in [-0.39, 0.29) is 11.9 Å². The highest BCUT2D eigenvalue weighted by Crippen LogP contribution is 1.94. The quantitative estimate of drug-likeness (QED) is 0.612. The Labute approximate surface area is 78.2 Å². The molecule has 0 bridgehead atoms. The number of allylic oxidation sites excluding steroid dienone is 1. The molecule has 0 aliphatic heterocycles. The fourth-order valence-electron chi connectivity index (χ4n) is 0.641. The number of amides is 1. The van der Waals surface area contributed by atoms with E-state index in [0.29, 0.717) is 12.8 Å². The van der Waals surface area contributed by atoms with Gasteiger partial charge in [0.15, 0.2) is 0 Å². The van der Waals surface area contributed by atoms with Gasteiger partial charge in [-0.2, -0.15) is 0 Å². The van der Waals surface area contributed by atoms with E-state index < -0.39 is 0 Å². The number of ether oxygens (including phenoxy) is 1. The maximum Gasteiger partial charge on any atom is 0.305 e. The van der Waals surface area contributed by atoms with Crippen molar-refractivity contribution in [1.29, 1.82) is 0 Å². The van der Waals surface area contributed by atoms with E-state index in [1.165, 1.54) is 18.9 Å². The molecule has 13 heavy (non-hydrogen) atoms. The third-order valence-electron chi connectivity index (χ3n) is 1.57. The average molecular weight is 185 g/mol. The van der Waals surface area contributed by atoms with Crippen LogP contribution < -0.4 is 0 Å². The Morgan fingerprint density at radius 3 is 2.54 bits per heavy atom. The summed E-state index contributed by atoms with van der Waals surface area (Å²) in [6, 6.07) is 0. The van der Waals surface area contributed by atoms with Gasteiger partial charge < -0.3 is 9.64 Å². The molecular formula is C9H15NO3. The highest BCUT2D eigenvalue weighted by Gasteiger charge is 1.97. The number of nitrogens with zero attached hydrogens (tertiary/aromatic N) is 1. The van der Waals surface area contributed by atoms with Crippen LogP contribution in [0.5, 0.6) is 0 Å². The molecule has 0 aliphatic rings. The van der Waals surface area contributed by atoms with Crippen molar-refractivity contribution in [3.8, 4) is 0 Å². The zero-order valence-electron chi connectivity index (χ0n) is 8.24. The zero-order valence-corrected chi connectivity index (χ0v) is 8.24. The molecule has 0 heterocycles. The maximum atomic E-state index is 10.7. The molecule has 0 aromatic carbocycles. The van der Waals surface area contributed by atoms with Crippen LogP contribution in [0.3, 0.4) is 0 Å². The summed E-state index contributed by atoms with van der Waals surface area (Å²) in [4.78, 5) is 22.8. The molecular weight excluding hydrogens is 170 g/mol. The number of carbonyl (C=O) groups excluding carboxylic acids is 2. The van der Waals surface area contributed by atoms with E-state index in [2.05, 4.69) is 4.74 Å². The van der Waals surface area contributed by atoms with Gasteiger partial charge in [0.05, 0.1) is 7.11 Å². The van der Waals surface area contributed by atoms with Crippen molar-refractivity contribution >= 4 is 11.9 Å². The largest absolute Gasteiger partial charge is 0.469 e. The number of carbonyl (C=O) groups is 2. The van der Waals surface area contributed by atoms with E-state index >= 15 is 0 Å². The van der Waals surface area contributed by atoms with E-state index in [0.717, 1.165) is 0 Å². The second-order valence-corrected chi connectivity index (χ2v) is 2.63. The van der Waals surface area contributed by atoms with E-state index in [1.54, 1.807) is 19.3 Å². The summed E-state index contributed by atoms with van der Waals surface area (Å²) >= 11 is 0. The molecule has 74 valence electrons. The van der Waals surface area contributed by atoms with Crippen molar-refractivity contribution < 1.29 is 14.3 Å². The number of methoxy groups -OCH3 is 1. The predicted octanol–water partition coefficient (Wildman–Crippen LogP) is 0.932. The summed E-state index contributed by atoms with van der Waals surface area (Å²) in [6.45, 7) is 1.48. The van der Waals surface area contributed by atoms with Crippen LogP contribution in [-0.2, 0) is 14.3 Å². The first-order chi connectivity index (χ1) is 6.07. The van der Waals surface area contributed by atoms with Crippen LogP contribution in [0.2, 0.25) is 0 Å². The predicted molar refractivity (Wildman–Crippen MR) is 48.8 cm³/mol. The molecule has 4 nitrogen and oxygen atoms in total. The van der Waals surface area contributed by atoms with Crippen LogP contribution >= 0.6 is 0 Å². The molecule has 1 amide bonds. The highest BCUT2D eigenvalue weighted by atomic mass is 16.5. The summed E-state index contributed by atoms with van der Waals surface area (Å²) in [5, 5.41) is 0. The Morgan fingerprint density at radius 1 is 1.46 bits per heavy atom. The fourth-order valence-corrected chi connectivity index (χ4v) is 0.641. The van der Waals surface area contributed by atoms with Gasteiger partial charge in [-0.1, -0.05) is 6.08 Å². The van der Waals surface area contributed by atoms with Gasteiger partial charge in [-0.25, -0.2) is 0 Å². The molecule has 0 radical (unpaired) electrons. The molecule has 0 rings (SSSR count). The second kappa shape index (κ2) is 6.22. The smallest absolute Gasteiger partial charge is 0.305 e. The topological polar surface area (TPSA) is 46.6 Å².